The Labute approximate surface area is 150 Å². The summed E-state index contributed by atoms with van der Waals surface area (Å²) in [6, 6.07) is 0. The molecule has 24 heavy (non-hydrogen) atoms. The molecule has 2 heterocycles. The van der Waals surface area contributed by atoms with Gasteiger partial charge in [-0.15, -0.1) is 0 Å². The maximum absolute atomic E-state index is 10.3. The van der Waals surface area contributed by atoms with Crippen molar-refractivity contribution < 1.29 is 44.5 Å². The lowest BCUT2D eigenvalue weighted by Gasteiger charge is -2.46. The lowest BCUT2D eigenvalue weighted by molar-refractivity contribution is -0.349. The number of thiol groups is 2. The van der Waals surface area contributed by atoms with Crippen LogP contribution in [0.5, 0.6) is 0 Å². The average molecular weight is 388 g/mol. The van der Waals surface area contributed by atoms with Gasteiger partial charge < -0.3 is 44.5 Å². The summed E-state index contributed by atoms with van der Waals surface area (Å²) < 4.78 is 21.4. The molecule has 5 N–H and O–H groups in total. The Hall–Kier alpha value is 0.340. The molecule has 0 bridgehead atoms. The highest BCUT2D eigenvalue weighted by Gasteiger charge is 2.50. The molecule has 0 aromatic carbocycles. The van der Waals surface area contributed by atoms with Crippen molar-refractivity contribution in [3.63, 3.8) is 0 Å². The van der Waals surface area contributed by atoms with Crippen LogP contribution in [0.3, 0.4) is 0 Å². The van der Waals surface area contributed by atoms with E-state index in [2.05, 4.69) is 25.3 Å². The maximum atomic E-state index is 10.3. The number of methoxy groups -OCH3 is 1. The Morgan fingerprint density at radius 1 is 0.750 bits per heavy atom. The van der Waals surface area contributed by atoms with Gasteiger partial charge in [0, 0.05) is 18.6 Å². The van der Waals surface area contributed by atoms with E-state index in [-0.39, 0.29) is 11.5 Å². The third-order valence-electron chi connectivity index (χ3n) is 4.19. The van der Waals surface area contributed by atoms with Crippen molar-refractivity contribution in [1.29, 1.82) is 0 Å². The van der Waals surface area contributed by atoms with Crippen LogP contribution in [0.2, 0.25) is 0 Å². The monoisotopic (exact) mass is 388 g/mol. The molecule has 0 spiro atoms. The molecule has 2 saturated heterocycles. The van der Waals surface area contributed by atoms with E-state index in [0.29, 0.717) is 0 Å². The van der Waals surface area contributed by atoms with Crippen LogP contribution >= 0.6 is 25.3 Å². The van der Waals surface area contributed by atoms with E-state index < -0.39 is 61.4 Å². The van der Waals surface area contributed by atoms with Gasteiger partial charge in [0.2, 0.25) is 0 Å². The molecule has 0 amide bonds. The molecule has 2 fully saturated rings. The van der Waals surface area contributed by atoms with Gasteiger partial charge in [0.25, 0.3) is 0 Å². The Morgan fingerprint density at radius 2 is 1.29 bits per heavy atom. The van der Waals surface area contributed by atoms with Crippen molar-refractivity contribution in [1.82, 2.24) is 0 Å². The van der Waals surface area contributed by atoms with Crippen LogP contribution < -0.4 is 0 Å². The Balaban J connectivity index is 2.12. The highest BCUT2D eigenvalue weighted by Crippen LogP contribution is 2.29. The fraction of sp³-hybridized carbons (Fsp3) is 1.00. The van der Waals surface area contributed by atoms with E-state index >= 15 is 0 Å². The lowest BCUT2D eigenvalue weighted by Crippen LogP contribution is -2.64. The van der Waals surface area contributed by atoms with Gasteiger partial charge in [0.05, 0.1) is 12.2 Å². The van der Waals surface area contributed by atoms with E-state index in [1.54, 1.807) is 0 Å². The molecule has 2 aliphatic rings. The summed E-state index contributed by atoms with van der Waals surface area (Å²) in [6.07, 6.45) is -12.3. The maximum Gasteiger partial charge on any atom is 0.187 e. The summed E-state index contributed by atoms with van der Waals surface area (Å²) in [4.78, 5) is 0. The summed E-state index contributed by atoms with van der Waals surface area (Å²) in [6.45, 7) is 0. The van der Waals surface area contributed by atoms with Gasteiger partial charge in [-0.1, -0.05) is 0 Å². The van der Waals surface area contributed by atoms with E-state index in [4.69, 9.17) is 18.9 Å². The van der Waals surface area contributed by atoms with Crippen molar-refractivity contribution >= 4 is 25.3 Å². The van der Waals surface area contributed by atoms with Crippen LogP contribution in [0.1, 0.15) is 0 Å². The standard InChI is InChI=1S/C13H24O9S2/c1-19-12-10(18)8(16)11(5(3-24)21-12)22-13-9(17)7(15)6(14)4(2-23)20-13/h4-18,23-24H,2-3H2,1H3/t4?,5?,6-,7+,8-,9?,10?,11-,12-,13+/m1/s1. The number of rotatable bonds is 5. The van der Waals surface area contributed by atoms with Crippen molar-refractivity contribution in [3.8, 4) is 0 Å². The second kappa shape index (κ2) is 8.82. The highest BCUT2D eigenvalue weighted by molar-refractivity contribution is 7.80. The predicted molar refractivity (Wildman–Crippen MR) is 86.9 cm³/mol. The van der Waals surface area contributed by atoms with Crippen LogP contribution in [0.15, 0.2) is 0 Å². The lowest BCUT2D eigenvalue weighted by atomic mass is 9.97. The Morgan fingerprint density at radius 3 is 1.83 bits per heavy atom. The number of aliphatic hydroxyl groups excluding tert-OH is 5. The summed E-state index contributed by atoms with van der Waals surface area (Å²) in [7, 11) is 1.32. The minimum Gasteiger partial charge on any atom is -0.388 e. The average Bonchev–Trinajstić information content (AvgIpc) is 2.59. The molecule has 0 aliphatic carbocycles. The zero-order valence-electron chi connectivity index (χ0n) is 13.0. The van der Waals surface area contributed by atoms with Gasteiger partial charge in [-0.2, -0.15) is 25.3 Å². The number of hydrogen-bond acceptors (Lipinski definition) is 11. The van der Waals surface area contributed by atoms with Gasteiger partial charge in [-0.05, 0) is 0 Å². The van der Waals surface area contributed by atoms with Gasteiger partial charge in [-0.3, -0.25) is 0 Å². The highest BCUT2D eigenvalue weighted by atomic mass is 32.1. The van der Waals surface area contributed by atoms with Crippen LogP contribution in [-0.2, 0) is 18.9 Å². The van der Waals surface area contributed by atoms with Crippen LogP contribution in [-0.4, -0.2) is 106 Å². The largest absolute Gasteiger partial charge is 0.388 e. The second-order valence-corrected chi connectivity index (χ2v) is 6.47. The second-order valence-electron chi connectivity index (χ2n) is 5.74. The summed E-state index contributed by atoms with van der Waals surface area (Å²) >= 11 is 8.14. The SMILES string of the molecule is CO[C@@H]1OC(CS)[C@@H](O[C@@H]2OC(CS)[C@@H](O)[C@H](O)C2O)[C@H](O)C1O. The van der Waals surface area contributed by atoms with Gasteiger partial charge in [-0.25, -0.2) is 0 Å². The normalized spacial score (nSPS) is 50.0. The molecule has 4 unspecified atom stereocenters. The summed E-state index contributed by atoms with van der Waals surface area (Å²) in [5.74, 6) is 0.219. The number of aliphatic hydroxyl groups is 5. The molecule has 142 valence electrons. The number of ether oxygens (including phenoxy) is 4. The molecule has 9 nitrogen and oxygen atoms in total. The zero-order valence-corrected chi connectivity index (χ0v) is 14.7. The van der Waals surface area contributed by atoms with Crippen LogP contribution in [0, 0.1) is 0 Å². The summed E-state index contributed by atoms with van der Waals surface area (Å²) in [5, 5.41) is 50.0. The van der Waals surface area contributed by atoms with Crippen molar-refractivity contribution in [2.24, 2.45) is 0 Å². The molecule has 2 rings (SSSR count). The van der Waals surface area contributed by atoms with Crippen molar-refractivity contribution in [2.45, 2.75) is 61.4 Å². The predicted octanol–water partition coefficient (Wildman–Crippen LogP) is -2.87. The van der Waals surface area contributed by atoms with Crippen molar-refractivity contribution in [3.05, 3.63) is 0 Å². The Bertz CT molecular complexity index is 400. The molecular weight excluding hydrogens is 364 g/mol. The molecule has 10 atom stereocenters. The Kier molecular flexibility index (Phi) is 7.59. The molecule has 0 radical (unpaired) electrons. The first-order chi connectivity index (χ1) is 11.3. The smallest absolute Gasteiger partial charge is 0.187 e. The third kappa shape index (κ3) is 4.01. The first-order valence-electron chi connectivity index (χ1n) is 7.46. The quantitative estimate of drug-likeness (QED) is 0.248. The molecule has 0 aromatic heterocycles. The topological polar surface area (TPSA) is 138 Å². The van der Waals surface area contributed by atoms with Gasteiger partial charge in [0.15, 0.2) is 12.6 Å². The first kappa shape index (κ1) is 20.6. The van der Waals surface area contributed by atoms with E-state index in [1.165, 1.54) is 7.11 Å². The van der Waals surface area contributed by atoms with Crippen LogP contribution in [0.4, 0.5) is 0 Å². The molecule has 11 heteroatoms. The third-order valence-corrected chi connectivity index (χ3v) is 4.91. The fourth-order valence-electron chi connectivity index (χ4n) is 2.75. The van der Waals surface area contributed by atoms with E-state index in [9.17, 15) is 25.5 Å². The minimum absolute atomic E-state index is 0.0822. The molecular formula is C13H24O9S2. The van der Waals surface area contributed by atoms with E-state index in [1.807, 2.05) is 0 Å². The van der Waals surface area contributed by atoms with Crippen LogP contribution in [0.25, 0.3) is 0 Å². The first-order valence-corrected chi connectivity index (χ1v) is 8.73. The summed E-state index contributed by atoms with van der Waals surface area (Å²) in [5.41, 5.74) is 0. The minimum atomic E-state index is -1.55. The molecule has 2 aliphatic heterocycles. The van der Waals surface area contributed by atoms with Gasteiger partial charge in [0.1, 0.15) is 36.6 Å². The number of hydrogen-bond donors (Lipinski definition) is 7. The van der Waals surface area contributed by atoms with Crippen molar-refractivity contribution in [2.75, 3.05) is 18.6 Å². The zero-order chi connectivity index (χ0) is 18.0. The molecule has 0 aromatic rings. The fourth-order valence-corrected chi connectivity index (χ4v) is 3.35. The van der Waals surface area contributed by atoms with E-state index in [0.717, 1.165) is 0 Å². The molecule has 0 saturated carbocycles. The van der Waals surface area contributed by atoms with Gasteiger partial charge >= 0.3 is 0 Å².